The Balaban J connectivity index is 1.56. The predicted molar refractivity (Wildman–Crippen MR) is 102 cm³/mol. The van der Waals surface area contributed by atoms with Gasteiger partial charge in [0, 0.05) is 0 Å². The van der Waals surface area contributed by atoms with Crippen LogP contribution >= 0.6 is 0 Å². The molecular formula is C21H32O7. The molecule has 2 heterocycles. The number of benzene rings is 1. The highest BCUT2D eigenvalue weighted by molar-refractivity contribution is 5.26. The number of ether oxygens (including phenoxy) is 5. The van der Waals surface area contributed by atoms with Crippen molar-refractivity contribution in [3.63, 3.8) is 0 Å². The van der Waals surface area contributed by atoms with Crippen LogP contribution in [0.3, 0.4) is 0 Å². The topological polar surface area (TPSA) is 86.6 Å². The SMILES string of the molecule is CCCCCOc1ccc(CO[C@H]2[C@H]([C@@H](O)CO)O[C@@H]3OC(C)(C)O[C@@H]32)cc1. The largest absolute Gasteiger partial charge is 0.494 e. The third-order valence-electron chi connectivity index (χ3n) is 4.98. The van der Waals surface area contributed by atoms with Crippen LogP contribution in [0.2, 0.25) is 0 Å². The lowest BCUT2D eigenvalue weighted by Gasteiger charge is -2.28. The van der Waals surface area contributed by atoms with E-state index in [0.717, 1.165) is 24.3 Å². The molecule has 7 heteroatoms. The van der Waals surface area contributed by atoms with E-state index in [4.69, 9.17) is 23.7 Å². The fourth-order valence-electron chi connectivity index (χ4n) is 3.52. The minimum atomic E-state index is -1.06. The van der Waals surface area contributed by atoms with E-state index in [-0.39, 0.29) is 0 Å². The zero-order valence-corrected chi connectivity index (χ0v) is 16.9. The minimum Gasteiger partial charge on any atom is -0.494 e. The summed E-state index contributed by atoms with van der Waals surface area (Å²) < 4.78 is 29.1. The summed E-state index contributed by atoms with van der Waals surface area (Å²) in [5.74, 6) is 0.0648. The Morgan fingerprint density at radius 2 is 1.89 bits per heavy atom. The molecule has 2 fully saturated rings. The van der Waals surface area contributed by atoms with Crippen LogP contribution in [0.15, 0.2) is 24.3 Å². The van der Waals surface area contributed by atoms with Gasteiger partial charge in [-0.3, -0.25) is 0 Å². The number of aliphatic hydroxyl groups is 2. The molecule has 1 aromatic rings. The van der Waals surface area contributed by atoms with Gasteiger partial charge in [-0.25, -0.2) is 0 Å². The first-order chi connectivity index (χ1) is 13.4. The van der Waals surface area contributed by atoms with Crippen LogP contribution in [-0.2, 0) is 25.6 Å². The minimum absolute atomic E-state index is 0.325. The summed E-state index contributed by atoms with van der Waals surface area (Å²) in [6, 6.07) is 7.76. The average molecular weight is 396 g/mol. The molecule has 2 aliphatic heterocycles. The van der Waals surface area contributed by atoms with E-state index in [1.807, 2.05) is 38.1 Å². The summed E-state index contributed by atoms with van der Waals surface area (Å²) in [6.45, 7) is 6.41. The zero-order chi connectivity index (χ0) is 20.1. The van der Waals surface area contributed by atoms with Gasteiger partial charge in [0.15, 0.2) is 12.1 Å². The number of rotatable bonds is 10. The Hall–Kier alpha value is -1.22. The number of fused-ring (bicyclic) bond motifs is 1. The molecule has 0 aromatic heterocycles. The third-order valence-corrected chi connectivity index (χ3v) is 4.98. The molecule has 2 saturated heterocycles. The average Bonchev–Trinajstić information content (AvgIpc) is 3.15. The second-order valence-electron chi connectivity index (χ2n) is 7.79. The standard InChI is InChI=1S/C21H32O7/c1-4-5-6-11-24-15-9-7-14(8-10-15)13-25-18-17(16(23)12-22)26-20-19(18)27-21(2,3)28-20/h7-10,16-20,22-23H,4-6,11-13H2,1-3H3/t16-,17-,18-,19+,20+/m0/s1. The molecule has 3 rings (SSSR count). The maximum absolute atomic E-state index is 10.1. The molecule has 158 valence electrons. The summed E-state index contributed by atoms with van der Waals surface area (Å²) in [7, 11) is 0. The molecule has 28 heavy (non-hydrogen) atoms. The van der Waals surface area contributed by atoms with Crippen LogP contribution in [0.1, 0.15) is 45.6 Å². The summed E-state index contributed by atoms with van der Waals surface area (Å²) in [6.07, 6.45) is -0.00224. The van der Waals surface area contributed by atoms with Crippen molar-refractivity contribution in [2.24, 2.45) is 0 Å². The molecule has 2 N–H and O–H groups in total. The van der Waals surface area contributed by atoms with Crippen LogP contribution in [0.5, 0.6) is 5.75 Å². The molecule has 7 nitrogen and oxygen atoms in total. The molecule has 1 aromatic carbocycles. The van der Waals surface area contributed by atoms with E-state index < -0.39 is 43.1 Å². The third kappa shape index (κ3) is 5.23. The van der Waals surface area contributed by atoms with Gasteiger partial charge in [0.2, 0.25) is 0 Å². The Labute approximate surface area is 166 Å². The van der Waals surface area contributed by atoms with E-state index in [0.29, 0.717) is 6.61 Å². The lowest BCUT2D eigenvalue weighted by Crippen LogP contribution is -2.44. The van der Waals surface area contributed by atoms with Gasteiger partial charge in [0.05, 0.1) is 19.8 Å². The van der Waals surface area contributed by atoms with E-state index >= 15 is 0 Å². The second-order valence-corrected chi connectivity index (χ2v) is 7.79. The van der Waals surface area contributed by atoms with E-state index in [2.05, 4.69) is 6.92 Å². The highest BCUT2D eigenvalue weighted by Crippen LogP contribution is 2.39. The molecule has 0 unspecified atom stereocenters. The lowest BCUT2D eigenvalue weighted by molar-refractivity contribution is -0.232. The highest BCUT2D eigenvalue weighted by atomic mass is 16.8. The van der Waals surface area contributed by atoms with E-state index in [1.54, 1.807) is 0 Å². The Kier molecular flexibility index (Phi) is 7.31. The summed E-state index contributed by atoms with van der Waals surface area (Å²) in [5.41, 5.74) is 0.972. The van der Waals surface area contributed by atoms with Crippen LogP contribution in [0.25, 0.3) is 0 Å². The maximum Gasteiger partial charge on any atom is 0.190 e. The molecule has 5 atom stereocenters. The maximum atomic E-state index is 10.1. The normalized spacial score (nSPS) is 29.6. The number of aliphatic hydroxyl groups excluding tert-OH is 2. The van der Waals surface area contributed by atoms with Gasteiger partial charge in [0.25, 0.3) is 0 Å². The monoisotopic (exact) mass is 396 g/mol. The van der Waals surface area contributed by atoms with Crippen molar-refractivity contribution < 1.29 is 33.9 Å². The molecule has 0 spiro atoms. The van der Waals surface area contributed by atoms with E-state index in [1.165, 1.54) is 12.8 Å². The van der Waals surface area contributed by atoms with Crippen LogP contribution in [0.4, 0.5) is 0 Å². The van der Waals surface area contributed by atoms with Crippen molar-refractivity contribution in [1.29, 1.82) is 0 Å². The van der Waals surface area contributed by atoms with Crippen LogP contribution in [0, 0.1) is 0 Å². The lowest BCUT2D eigenvalue weighted by atomic mass is 10.1. The van der Waals surface area contributed by atoms with Gasteiger partial charge in [-0.2, -0.15) is 0 Å². The van der Waals surface area contributed by atoms with Crippen LogP contribution in [-0.4, -0.2) is 59.9 Å². The molecular weight excluding hydrogens is 364 g/mol. The van der Waals surface area contributed by atoms with Crippen molar-refractivity contribution in [3.8, 4) is 5.75 Å². The predicted octanol–water partition coefficient (Wildman–Crippen LogP) is 2.37. The van der Waals surface area contributed by atoms with Crippen LogP contribution < -0.4 is 4.74 Å². The van der Waals surface area contributed by atoms with Crippen molar-refractivity contribution in [1.82, 2.24) is 0 Å². The summed E-state index contributed by atoms with van der Waals surface area (Å²) >= 11 is 0. The smallest absolute Gasteiger partial charge is 0.190 e. The highest BCUT2D eigenvalue weighted by Gasteiger charge is 2.56. The van der Waals surface area contributed by atoms with Gasteiger partial charge in [0.1, 0.15) is 30.2 Å². The van der Waals surface area contributed by atoms with Gasteiger partial charge in [-0.05, 0) is 38.0 Å². The fraction of sp³-hybridized carbons (Fsp3) is 0.714. The Morgan fingerprint density at radius 1 is 1.14 bits per heavy atom. The zero-order valence-electron chi connectivity index (χ0n) is 16.9. The first-order valence-electron chi connectivity index (χ1n) is 10.1. The number of hydrogen-bond donors (Lipinski definition) is 2. The second kappa shape index (κ2) is 9.52. The first-order valence-corrected chi connectivity index (χ1v) is 10.1. The molecule has 2 aliphatic rings. The van der Waals surface area contributed by atoms with E-state index in [9.17, 15) is 10.2 Å². The van der Waals surface area contributed by atoms with Crippen molar-refractivity contribution >= 4 is 0 Å². The first kappa shape index (κ1) is 21.5. The summed E-state index contributed by atoms with van der Waals surface area (Å²) in [4.78, 5) is 0. The van der Waals surface area contributed by atoms with Gasteiger partial charge in [-0.15, -0.1) is 0 Å². The van der Waals surface area contributed by atoms with Crippen molar-refractivity contribution in [3.05, 3.63) is 29.8 Å². The van der Waals surface area contributed by atoms with Crippen molar-refractivity contribution in [2.45, 2.75) is 83.1 Å². The van der Waals surface area contributed by atoms with Gasteiger partial charge >= 0.3 is 0 Å². The van der Waals surface area contributed by atoms with Gasteiger partial charge in [-0.1, -0.05) is 31.9 Å². The number of hydrogen-bond acceptors (Lipinski definition) is 7. The fourth-order valence-corrected chi connectivity index (χ4v) is 3.52. The Bertz CT molecular complexity index is 603. The summed E-state index contributed by atoms with van der Waals surface area (Å²) in [5, 5.41) is 19.4. The molecule has 0 saturated carbocycles. The molecule has 0 aliphatic carbocycles. The van der Waals surface area contributed by atoms with Crippen molar-refractivity contribution in [2.75, 3.05) is 13.2 Å². The molecule has 0 radical (unpaired) electrons. The molecule has 0 bridgehead atoms. The quantitative estimate of drug-likeness (QED) is 0.587. The van der Waals surface area contributed by atoms with Gasteiger partial charge < -0.3 is 33.9 Å². The number of unbranched alkanes of at least 4 members (excludes halogenated alkanes) is 2. The Morgan fingerprint density at radius 3 is 2.57 bits per heavy atom. The molecule has 0 amide bonds.